The minimum absolute atomic E-state index is 0.0344. The SMILES string of the molecule is Cc1ccc(CN2CCN(C(=O)c3cc([N+](=O)[O-])cc([N+](=O)[O-])c3)CC2)cc1. The minimum atomic E-state index is -0.733. The van der Waals surface area contributed by atoms with Crippen molar-refractivity contribution in [2.45, 2.75) is 13.5 Å². The fourth-order valence-corrected chi connectivity index (χ4v) is 3.17. The second-order valence-corrected chi connectivity index (χ2v) is 6.81. The summed E-state index contributed by atoms with van der Waals surface area (Å²) in [6, 6.07) is 11.3. The molecule has 1 amide bonds. The van der Waals surface area contributed by atoms with Gasteiger partial charge in [0.1, 0.15) is 0 Å². The molecule has 0 N–H and O–H groups in total. The smallest absolute Gasteiger partial charge is 0.277 e. The van der Waals surface area contributed by atoms with E-state index in [-0.39, 0.29) is 5.56 Å². The largest absolute Gasteiger partial charge is 0.336 e. The number of hydrogen-bond donors (Lipinski definition) is 0. The maximum absolute atomic E-state index is 12.7. The number of carbonyl (C=O) groups excluding carboxylic acids is 1. The van der Waals surface area contributed by atoms with Crippen molar-refractivity contribution < 1.29 is 14.6 Å². The van der Waals surface area contributed by atoms with Crippen molar-refractivity contribution in [2.75, 3.05) is 26.2 Å². The van der Waals surface area contributed by atoms with Crippen LogP contribution < -0.4 is 0 Å². The van der Waals surface area contributed by atoms with Gasteiger partial charge < -0.3 is 4.90 Å². The number of piperazine rings is 1. The number of rotatable bonds is 5. The van der Waals surface area contributed by atoms with E-state index in [1.54, 1.807) is 4.90 Å². The molecule has 3 rings (SSSR count). The van der Waals surface area contributed by atoms with Crippen molar-refractivity contribution in [3.05, 3.63) is 79.4 Å². The van der Waals surface area contributed by atoms with Gasteiger partial charge in [0.15, 0.2) is 0 Å². The second kappa shape index (κ2) is 8.13. The van der Waals surface area contributed by atoms with Gasteiger partial charge in [-0.2, -0.15) is 0 Å². The van der Waals surface area contributed by atoms with E-state index in [2.05, 4.69) is 29.2 Å². The number of aryl methyl sites for hydroxylation is 1. The Kier molecular flexibility index (Phi) is 5.65. The van der Waals surface area contributed by atoms with Crippen LogP contribution in [0.4, 0.5) is 11.4 Å². The van der Waals surface area contributed by atoms with Gasteiger partial charge in [-0.15, -0.1) is 0 Å². The second-order valence-electron chi connectivity index (χ2n) is 6.81. The zero-order valence-electron chi connectivity index (χ0n) is 15.4. The quantitative estimate of drug-likeness (QED) is 0.579. The highest BCUT2D eigenvalue weighted by Crippen LogP contribution is 2.24. The number of hydrogen-bond acceptors (Lipinski definition) is 6. The number of amides is 1. The van der Waals surface area contributed by atoms with Gasteiger partial charge in [-0.25, -0.2) is 0 Å². The predicted octanol–water partition coefficient (Wildman–Crippen LogP) is 2.77. The topological polar surface area (TPSA) is 110 Å². The Balaban J connectivity index is 1.67. The highest BCUT2D eigenvalue weighted by molar-refractivity contribution is 5.95. The lowest BCUT2D eigenvalue weighted by Gasteiger charge is -2.34. The van der Waals surface area contributed by atoms with E-state index in [0.717, 1.165) is 24.7 Å². The van der Waals surface area contributed by atoms with E-state index in [1.807, 2.05) is 6.92 Å². The van der Waals surface area contributed by atoms with Crippen molar-refractivity contribution >= 4 is 17.3 Å². The monoisotopic (exact) mass is 384 g/mol. The molecule has 0 spiro atoms. The summed E-state index contributed by atoms with van der Waals surface area (Å²) in [5.41, 5.74) is 1.43. The molecule has 1 saturated heterocycles. The maximum Gasteiger partial charge on any atom is 0.277 e. The number of nitro benzene ring substituents is 2. The van der Waals surface area contributed by atoms with Crippen molar-refractivity contribution in [1.29, 1.82) is 0 Å². The Bertz CT molecular complexity index is 873. The molecule has 0 radical (unpaired) electrons. The number of carbonyl (C=O) groups is 1. The summed E-state index contributed by atoms with van der Waals surface area (Å²) in [5, 5.41) is 22.0. The van der Waals surface area contributed by atoms with Crippen molar-refractivity contribution in [3.63, 3.8) is 0 Å². The van der Waals surface area contributed by atoms with Crippen molar-refractivity contribution in [2.24, 2.45) is 0 Å². The van der Waals surface area contributed by atoms with Crippen molar-refractivity contribution in [3.8, 4) is 0 Å². The van der Waals surface area contributed by atoms with Crippen molar-refractivity contribution in [1.82, 2.24) is 9.80 Å². The van der Waals surface area contributed by atoms with E-state index in [4.69, 9.17) is 0 Å². The molecule has 0 bridgehead atoms. The fraction of sp³-hybridized carbons (Fsp3) is 0.316. The van der Waals surface area contributed by atoms with Crippen LogP contribution in [-0.4, -0.2) is 51.7 Å². The van der Waals surface area contributed by atoms with Crippen LogP contribution in [0.15, 0.2) is 42.5 Å². The molecule has 0 aromatic heterocycles. The first kappa shape index (κ1) is 19.4. The average molecular weight is 384 g/mol. The van der Waals surface area contributed by atoms with Gasteiger partial charge in [-0.3, -0.25) is 29.9 Å². The molecule has 1 aliphatic heterocycles. The van der Waals surface area contributed by atoms with Gasteiger partial charge >= 0.3 is 0 Å². The Morgan fingerprint density at radius 3 is 1.96 bits per heavy atom. The number of non-ortho nitro benzene ring substituents is 2. The average Bonchev–Trinajstić information content (AvgIpc) is 2.69. The van der Waals surface area contributed by atoms with Crippen LogP contribution in [-0.2, 0) is 6.54 Å². The summed E-state index contributed by atoms with van der Waals surface area (Å²) >= 11 is 0. The van der Waals surface area contributed by atoms with Crippen LogP contribution >= 0.6 is 0 Å². The first-order valence-electron chi connectivity index (χ1n) is 8.84. The van der Waals surface area contributed by atoms with E-state index in [9.17, 15) is 25.0 Å². The molecule has 0 aliphatic carbocycles. The lowest BCUT2D eigenvalue weighted by atomic mass is 10.1. The molecular weight excluding hydrogens is 364 g/mol. The normalized spacial score (nSPS) is 14.7. The third-order valence-corrected chi connectivity index (χ3v) is 4.76. The zero-order valence-corrected chi connectivity index (χ0v) is 15.4. The van der Waals surface area contributed by atoms with Gasteiger partial charge in [0.2, 0.25) is 0 Å². The summed E-state index contributed by atoms with van der Waals surface area (Å²) in [4.78, 5) is 37.1. The summed E-state index contributed by atoms with van der Waals surface area (Å²) in [6.45, 7) is 5.06. The van der Waals surface area contributed by atoms with E-state index < -0.39 is 27.1 Å². The summed E-state index contributed by atoms with van der Waals surface area (Å²) < 4.78 is 0. The summed E-state index contributed by atoms with van der Waals surface area (Å²) in [7, 11) is 0. The predicted molar refractivity (Wildman–Crippen MR) is 102 cm³/mol. The van der Waals surface area contributed by atoms with E-state index in [1.165, 1.54) is 11.1 Å². The Labute approximate surface area is 161 Å². The molecule has 2 aromatic carbocycles. The van der Waals surface area contributed by atoms with Crippen LogP contribution in [0.2, 0.25) is 0 Å². The molecule has 1 heterocycles. The molecule has 9 heteroatoms. The molecule has 2 aromatic rings. The molecule has 0 atom stereocenters. The Morgan fingerprint density at radius 1 is 0.929 bits per heavy atom. The van der Waals surface area contributed by atoms with Gasteiger partial charge in [0.05, 0.1) is 21.5 Å². The van der Waals surface area contributed by atoms with Crippen LogP contribution in [0.5, 0.6) is 0 Å². The first-order chi connectivity index (χ1) is 13.3. The molecule has 1 fully saturated rings. The van der Waals surface area contributed by atoms with Gasteiger partial charge in [0.25, 0.3) is 17.3 Å². The third-order valence-electron chi connectivity index (χ3n) is 4.76. The van der Waals surface area contributed by atoms with Gasteiger partial charge in [0, 0.05) is 44.9 Å². The van der Waals surface area contributed by atoms with Crippen LogP contribution in [0.1, 0.15) is 21.5 Å². The number of benzene rings is 2. The Morgan fingerprint density at radius 2 is 1.46 bits per heavy atom. The molecule has 146 valence electrons. The highest BCUT2D eigenvalue weighted by Gasteiger charge is 2.26. The van der Waals surface area contributed by atoms with Gasteiger partial charge in [-0.1, -0.05) is 29.8 Å². The number of nitrogens with zero attached hydrogens (tertiary/aromatic N) is 4. The van der Waals surface area contributed by atoms with Crippen LogP contribution in [0.3, 0.4) is 0 Å². The van der Waals surface area contributed by atoms with Crippen LogP contribution in [0, 0.1) is 27.2 Å². The van der Waals surface area contributed by atoms with E-state index >= 15 is 0 Å². The van der Waals surface area contributed by atoms with Gasteiger partial charge in [-0.05, 0) is 12.5 Å². The lowest BCUT2D eigenvalue weighted by Crippen LogP contribution is -2.48. The molecular formula is C19H20N4O5. The van der Waals surface area contributed by atoms with E-state index in [0.29, 0.717) is 26.2 Å². The molecule has 0 unspecified atom stereocenters. The molecule has 1 aliphatic rings. The molecule has 0 saturated carbocycles. The first-order valence-corrected chi connectivity index (χ1v) is 8.84. The molecule has 9 nitrogen and oxygen atoms in total. The highest BCUT2D eigenvalue weighted by atomic mass is 16.6. The minimum Gasteiger partial charge on any atom is -0.336 e. The van der Waals surface area contributed by atoms with Crippen LogP contribution in [0.25, 0.3) is 0 Å². The maximum atomic E-state index is 12.7. The molecule has 28 heavy (non-hydrogen) atoms. The lowest BCUT2D eigenvalue weighted by molar-refractivity contribution is -0.394. The number of nitro groups is 2. The summed E-state index contributed by atoms with van der Waals surface area (Å²) in [5.74, 6) is -0.429. The Hall–Kier alpha value is -3.33. The zero-order chi connectivity index (χ0) is 20.3. The third kappa shape index (κ3) is 4.49. The standard InChI is InChI=1S/C19H20N4O5/c1-14-2-4-15(5-3-14)13-20-6-8-21(9-7-20)19(24)16-10-17(22(25)26)12-18(11-16)23(27)28/h2-5,10-12H,6-9,13H2,1H3. The summed E-state index contributed by atoms with van der Waals surface area (Å²) in [6.07, 6.45) is 0. The fourth-order valence-electron chi connectivity index (χ4n) is 3.17.